The highest BCUT2D eigenvalue weighted by molar-refractivity contribution is 5.76. The van der Waals surface area contributed by atoms with Gasteiger partial charge in [0.25, 0.3) is 0 Å². The first-order valence-corrected chi connectivity index (χ1v) is 8.83. The molecule has 1 aromatic heterocycles. The maximum atomic E-state index is 12.5. The number of urea groups is 1. The summed E-state index contributed by atoms with van der Waals surface area (Å²) in [7, 11) is 4.71. The number of nitrogens with one attached hydrogen (secondary N) is 1. The first-order chi connectivity index (χ1) is 13.1. The van der Waals surface area contributed by atoms with Crippen LogP contribution in [0.1, 0.15) is 30.1 Å². The Morgan fingerprint density at radius 2 is 1.81 bits per heavy atom. The van der Waals surface area contributed by atoms with Gasteiger partial charge in [-0.1, -0.05) is 6.07 Å². The van der Waals surface area contributed by atoms with Gasteiger partial charge in [-0.2, -0.15) is 0 Å². The standard InChI is InChI=1S/C20H25N3O4/c1-13(14-9-17(25-2)19(27-4)18(10-14)26-3)22-20(24)23-11-15(12-23)16-7-5-6-8-21-16/h5-10,13,15H,11-12H2,1-4H3,(H,22,24)/t13-/m1/s1. The third-order valence-corrected chi connectivity index (χ3v) is 4.80. The molecule has 1 fully saturated rings. The number of carbonyl (C=O) groups is 1. The molecule has 2 heterocycles. The predicted molar refractivity (Wildman–Crippen MR) is 102 cm³/mol. The second-order valence-electron chi connectivity index (χ2n) is 6.49. The van der Waals surface area contributed by atoms with E-state index in [9.17, 15) is 4.79 Å². The molecule has 1 N–H and O–H groups in total. The third-order valence-electron chi connectivity index (χ3n) is 4.80. The van der Waals surface area contributed by atoms with Crippen LogP contribution in [0.25, 0.3) is 0 Å². The Bertz CT molecular complexity index is 766. The van der Waals surface area contributed by atoms with Crippen LogP contribution >= 0.6 is 0 Å². The van der Waals surface area contributed by atoms with Crippen LogP contribution in [0.3, 0.4) is 0 Å². The van der Waals surface area contributed by atoms with E-state index < -0.39 is 0 Å². The Balaban J connectivity index is 1.64. The number of hydrogen-bond acceptors (Lipinski definition) is 5. The van der Waals surface area contributed by atoms with E-state index in [4.69, 9.17) is 14.2 Å². The maximum absolute atomic E-state index is 12.5. The van der Waals surface area contributed by atoms with E-state index in [1.54, 1.807) is 32.4 Å². The average molecular weight is 371 g/mol. The van der Waals surface area contributed by atoms with Crippen molar-refractivity contribution in [2.45, 2.75) is 18.9 Å². The van der Waals surface area contributed by atoms with Gasteiger partial charge in [-0.25, -0.2) is 4.79 Å². The zero-order valence-electron chi connectivity index (χ0n) is 16.1. The lowest BCUT2D eigenvalue weighted by Gasteiger charge is -2.39. The van der Waals surface area contributed by atoms with Gasteiger partial charge >= 0.3 is 6.03 Å². The van der Waals surface area contributed by atoms with Crippen LogP contribution in [0, 0.1) is 0 Å². The number of amides is 2. The van der Waals surface area contributed by atoms with E-state index >= 15 is 0 Å². The summed E-state index contributed by atoms with van der Waals surface area (Å²) in [5, 5.41) is 3.02. The highest BCUT2D eigenvalue weighted by Crippen LogP contribution is 2.39. The number of pyridine rings is 1. The van der Waals surface area contributed by atoms with Crippen molar-refractivity contribution in [3.8, 4) is 17.2 Å². The summed E-state index contributed by atoms with van der Waals surface area (Å²) in [4.78, 5) is 18.7. The van der Waals surface area contributed by atoms with Gasteiger partial charge in [-0.3, -0.25) is 4.98 Å². The van der Waals surface area contributed by atoms with Gasteiger partial charge in [0.15, 0.2) is 11.5 Å². The molecule has 0 spiro atoms. The van der Waals surface area contributed by atoms with E-state index in [0.717, 1.165) is 11.3 Å². The molecule has 0 radical (unpaired) electrons. The van der Waals surface area contributed by atoms with Crippen LogP contribution in [0.5, 0.6) is 17.2 Å². The minimum Gasteiger partial charge on any atom is -0.493 e. The Morgan fingerprint density at radius 3 is 2.33 bits per heavy atom. The number of aromatic nitrogens is 1. The molecule has 27 heavy (non-hydrogen) atoms. The Kier molecular flexibility index (Phi) is 5.69. The normalized spacial score (nSPS) is 14.9. The van der Waals surface area contributed by atoms with Crippen molar-refractivity contribution in [2.75, 3.05) is 34.4 Å². The van der Waals surface area contributed by atoms with E-state index in [1.165, 1.54) is 0 Å². The number of nitrogens with zero attached hydrogens (tertiary/aromatic N) is 2. The molecule has 1 aliphatic heterocycles. The van der Waals surface area contributed by atoms with Crippen LogP contribution in [-0.2, 0) is 0 Å². The van der Waals surface area contributed by atoms with Gasteiger partial charge in [0, 0.05) is 30.9 Å². The lowest BCUT2D eigenvalue weighted by Crippen LogP contribution is -2.53. The number of carbonyl (C=O) groups excluding carboxylic acids is 1. The molecule has 1 saturated heterocycles. The van der Waals surface area contributed by atoms with E-state index in [2.05, 4.69) is 10.3 Å². The fraction of sp³-hybridized carbons (Fsp3) is 0.400. The molecule has 144 valence electrons. The van der Waals surface area contributed by atoms with E-state index in [0.29, 0.717) is 36.3 Å². The molecule has 1 atom stereocenters. The summed E-state index contributed by atoms with van der Waals surface area (Å²) in [5.74, 6) is 1.95. The Labute approximate surface area is 159 Å². The highest BCUT2D eigenvalue weighted by Gasteiger charge is 2.33. The number of methoxy groups -OCH3 is 3. The third kappa shape index (κ3) is 3.92. The first kappa shape index (κ1) is 18.8. The molecule has 7 nitrogen and oxygen atoms in total. The second kappa shape index (κ2) is 8.16. The molecular formula is C20H25N3O4. The van der Waals surface area contributed by atoms with Crippen LogP contribution in [0.2, 0.25) is 0 Å². The summed E-state index contributed by atoms with van der Waals surface area (Å²) in [6.07, 6.45) is 1.78. The van der Waals surface area contributed by atoms with Crippen molar-refractivity contribution < 1.29 is 19.0 Å². The number of benzene rings is 1. The van der Waals surface area contributed by atoms with Gasteiger partial charge in [-0.15, -0.1) is 0 Å². The number of ether oxygens (including phenoxy) is 3. The maximum Gasteiger partial charge on any atom is 0.317 e. The smallest absolute Gasteiger partial charge is 0.317 e. The molecule has 1 aromatic carbocycles. The van der Waals surface area contributed by atoms with Crippen molar-refractivity contribution >= 4 is 6.03 Å². The van der Waals surface area contributed by atoms with Gasteiger partial charge in [0.2, 0.25) is 5.75 Å². The van der Waals surface area contributed by atoms with Crippen molar-refractivity contribution in [3.63, 3.8) is 0 Å². The predicted octanol–water partition coefficient (Wildman–Crippen LogP) is 2.98. The van der Waals surface area contributed by atoms with Gasteiger partial charge < -0.3 is 24.4 Å². The van der Waals surface area contributed by atoms with Crippen LogP contribution in [-0.4, -0.2) is 50.3 Å². The quantitative estimate of drug-likeness (QED) is 0.845. The topological polar surface area (TPSA) is 72.9 Å². The summed E-state index contributed by atoms with van der Waals surface area (Å²) in [5.41, 5.74) is 1.90. The molecule has 1 aliphatic rings. The minimum absolute atomic E-state index is 0.0940. The molecular weight excluding hydrogens is 346 g/mol. The highest BCUT2D eigenvalue weighted by atomic mass is 16.5. The van der Waals surface area contributed by atoms with Crippen LogP contribution in [0.15, 0.2) is 36.5 Å². The van der Waals surface area contributed by atoms with Crippen LogP contribution < -0.4 is 19.5 Å². The Morgan fingerprint density at radius 1 is 1.15 bits per heavy atom. The summed E-state index contributed by atoms with van der Waals surface area (Å²) in [6.45, 7) is 3.27. The monoisotopic (exact) mass is 371 g/mol. The SMILES string of the molecule is COc1cc([C@@H](C)NC(=O)N2CC(c3ccccn3)C2)cc(OC)c1OC. The molecule has 0 bridgehead atoms. The number of likely N-dealkylation sites (tertiary alicyclic amines) is 1. The van der Waals surface area contributed by atoms with Crippen molar-refractivity contribution in [1.82, 2.24) is 15.2 Å². The summed E-state index contributed by atoms with van der Waals surface area (Å²) >= 11 is 0. The largest absolute Gasteiger partial charge is 0.493 e. The first-order valence-electron chi connectivity index (χ1n) is 8.83. The molecule has 3 rings (SSSR count). The van der Waals surface area contributed by atoms with E-state index in [-0.39, 0.29) is 12.1 Å². The second-order valence-corrected chi connectivity index (χ2v) is 6.49. The van der Waals surface area contributed by atoms with Gasteiger partial charge in [0.1, 0.15) is 0 Å². The van der Waals surface area contributed by atoms with Crippen molar-refractivity contribution in [2.24, 2.45) is 0 Å². The minimum atomic E-state index is -0.208. The fourth-order valence-electron chi connectivity index (χ4n) is 3.16. The average Bonchev–Trinajstić information content (AvgIpc) is 2.66. The van der Waals surface area contributed by atoms with E-state index in [1.807, 2.05) is 37.3 Å². The molecule has 0 aliphatic carbocycles. The molecule has 0 saturated carbocycles. The lowest BCUT2D eigenvalue weighted by molar-refractivity contribution is 0.147. The molecule has 7 heteroatoms. The molecule has 2 amide bonds. The Hall–Kier alpha value is -2.96. The van der Waals surface area contributed by atoms with Gasteiger partial charge in [0.05, 0.1) is 27.4 Å². The summed E-state index contributed by atoms with van der Waals surface area (Å²) in [6, 6.07) is 9.25. The molecule has 2 aromatic rings. The van der Waals surface area contributed by atoms with Crippen molar-refractivity contribution in [1.29, 1.82) is 0 Å². The number of rotatable bonds is 6. The van der Waals surface area contributed by atoms with Crippen molar-refractivity contribution in [3.05, 3.63) is 47.8 Å². The lowest BCUT2D eigenvalue weighted by atomic mass is 9.96. The molecule has 0 unspecified atom stereocenters. The zero-order valence-corrected chi connectivity index (χ0v) is 16.1. The fourth-order valence-corrected chi connectivity index (χ4v) is 3.16. The zero-order chi connectivity index (χ0) is 19.4. The van der Waals surface area contributed by atoms with Gasteiger partial charge in [-0.05, 0) is 36.8 Å². The number of hydrogen-bond donors (Lipinski definition) is 1. The van der Waals surface area contributed by atoms with Crippen LogP contribution in [0.4, 0.5) is 4.79 Å². The summed E-state index contributed by atoms with van der Waals surface area (Å²) < 4.78 is 16.1.